The van der Waals surface area contributed by atoms with Gasteiger partial charge in [-0.25, -0.2) is 13.9 Å². The van der Waals surface area contributed by atoms with Crippen LogP contribution in [-0.4, -0.2) is 5.97 Å². The van der Waals surface area contributed by atoms with Crippen LogP contribution in [0.2, 0.25) is 0 Å². The van der Waals surface area contributed by atoms with E-state index in [9.17, 15) is 4.79 Å². The number of rotatable bonds is 3. The van der Waals surface area contributed by atoms with Gasteiger partial charge in [-0.2, -0.15) is 0 Å². The predicted molar refractivity (Wildman–Crippen MR) is 138 cm³/mol. The highest BCUT2D eigenvalue weighted by Gasteiger charge is 2.49. The molecule has 0 saturated carbocycles. The van der Waals surface area contributed by atoms with Gasteiger partial charge in [-0.3, -0.25) is 4.79 Å². The molecule has 8 heteroatoms. The molecular formula is C26H19N2O3PS2. The zero-order chi connectivity index (χ0) is 23.3. The van der Waals surface area contributed by atoms with E-state index >= 15 is 4.57 Å². The van der Waals surface area contributed by atoms with Crippen molar-refractivity contribution < 1.29 is 13.9 Å². The van der Waals surface area contributed by atoms with E-state index in [1.165, 1.54) is 6.92 Å². The van der Waals surface area contributed by atoms with Crippen LogP contribution in [0.4, 0.5) is 22.7 Å². The minimum atomic E-state index is -4.07. The number of para-hydroxylation sites is 4. The standard InChI is InChI=1S/C26H19N2O3PS2/c1-18(29)31-32(30,27-19-10-2-6-14-23(19)33-24-15-7-3-11-20(24)27)28-21-12-4-8-16-25(21)34-26-17-9-5-13-22(26)28/h2-17H,1H3. The second-order valence-electron chi connectivity index (χ2n) is 7.77. The molecule has 6 rings (SSSR count). The van der Waals surface area contributed by atoms with E-state index in [1.807, 2.05) is 97.1 Å². The third-order valence-corrected chi connectivity index (χ3v) is 10.2. The van der Waals surface area contributed by atoms with Crippen molar-refractivity contribution in [3.63, 3.8) is 0 Å². The molecule has 4 aromatic rings. The topological polar surface area (TPSA) is 49.9 Å². The molecule has 2 heterocycles. The maximum atomic E-state index is 15.4. The summed E-state index contributed by atoms with van der Waals surface area (Å²) in [5.74, 6) is -0.607. The first kappa shape index (κ1) is 21.4. The van der Waals surface area contributed by atoms with Gasteiger partial charge in [-0.1, -0.05) is 72.1 Å². The summed E-state index contributed by atoms with van der Waals surface area (Å²) in [5.41, 5.74) is 2.96. The molecule has 0 aromatic heterocycles. The van der Waals surface area contributed by atoms with Gasteiger partial charge in [0.1, 0.15) is 0 Å². The van der Waals surface area contributed by atoms with Crippen LogP contribution in [0.1, 0.15) is 6.92 Å². The van der Waals surface area contributed by atoms with E-state index in [1.54, 1.807) is 32.9 Å². The van der Waals surface area contributed by atoms with E-state index in [-0.39, 0.29) is 0 Å². The van der Waals surface area contributed by atoms with Gasteiger partial charge in [-0.05, 0) is 48.5 Å². The van der Waals surface area contributed by atoms with Crippen molar-refractivity contribution in [2.75, 3.05) is 9.34 Å². The van der Waals surface area contributed by atoms with E-state index < -0.39 is 13.6 Å². The van der Waals surface area contributed by atoms with Gasteiger partial charge in [0.15, 0.2) is 0 Å². The van der Waals surface area contributed by atoms with Crippen LogP contribution in [0.15, 0.2) is 117 Å². The molecule has 0 unspecified atom stereocenters. The fraction of sp³-hybridized carbons (Fsp3) is 0.0385. The minimum absolute atomic E-state index is 0.607. The molecule has 0 amide bonds. The number of anilines is 4. The Bertz CT molecular complexity index is 1300. The van der Waals surface area contributed by atoms with Crippen molar-refractivity contribution in [3.05, 3.63) is 97.1 Å². The Labute approximate surface area is 206 Å². The zero-order valence-electron chi connectivity index (χ0n) is 18.1. The number of hydrogen-bond acceptors (Lipinski definition) is 5. The van der Waals surface area contributed by atoms with Crippen LogP contribution in [0.3, 0.4) is 0 Å². The van der Waals surface area contributed by atoms with Crippen LogP contribution in [0, 0.1) is 0 Å². The van der Waals surface area contributed by atoms with Gasteiger partial charge < -0.3 is 4.52 Å². The quantitative estimate of drug-likeness (QED) is 0.261. The smallest absolute Gasteiger partial charge is 0.380 e. The lowest BCUT2D eigenvalue weighted by Crippen LogP contribution is -2.31. The Balaban J connectivity index is 1.67. The first-order chi connectivity index (χ1) is 16.6. The Morgan fingerprint density at radius 1 is 0.618 bits per heavy atom. The molecule has 0 radical (unpaired) electrons. The van der Waals surface area contributed by atoms with Crippen molar-refractivity contribution in [2.24, 2.45) is 0 Å². The lowest BCUT2D eigenvalue weighted by molar-refractivity contribution is -0.131. The molecule has 0 saturated heterocycles. The van der Waals surface area contributed by atoms with Gasteiger partial charge in [-0.15, -0.1) is 0 Å². The van der Waals surface area contributed by atoms with Crippen LogP contribution < -0.4 is 9.34 Å². The molecule has 4 aromatic carbocycles. The molecule has 0 bridgehead atoms. The van der Waals surface area contributed by atoms with Crippen LogP contribution in [-0.2, 0) is 13.9 Å². The van der Waals surface area contributed by atoms with E-state index in [0.29, 0.717) is 0 Å². The van der Waals surface area contributed by atoms with Gasteiger partial charge in [0, 0.05) is 26.5 Å². The number of benzene rings is 4. The molecule has 168 valence electrons. The molecule has 0 N–H and O–H groups in total. The second kappa shape index (κ2) is 8.27. The summed E-state index contributed by atoms with van der Waals surface area (Å²) in [6.45, 7) is 1.31. The van der Waals surface area contributed by atoms with Crippen LogP contribution >= 0.6 is 31.2 Å². The Morgan fingerprint density at radius 3 is 1.21 bits per heavy atom. The zero-order valence-corrected chi connectivity index (χ0v) is 20.6. The molecule has 5 nitrogen and oxygen atoms in total. The first-order valence-electron chi connectivity index (χ1n) is 10.7. The number of carbonyl (C=O) groups excluding carboxylic acids is 1. The van der Waals surface area contributed by atoms with Gasteiger partial charge >= 0.3 is 13.6 Å². The van der Waals surface area contributed by atoms with Gasteiger partial charge in [0.05, 0.1) is 22.7 Å². The summed E-state index contributed by atoms with van der Waals surface area (Å²) >= 11 is 3.23. The summed E-state index contributed by atoms with van der Waals surface area (Å²) in [6.07, 6.45) is 0. The number of nitrogens with zero attached hydrogens (tertiary/aromatic N) is 2. The molecule has 2 aliphatic rings. The number of fused-ring (bicyclic) bond motifs is 4. The molecule has 34 heavy (non-hydrogen) atoms. The van der Waals surface area contributed by atoms with Crippen molar-refractivity contribution in [2.45, 2.75) is 26.5 Å². The van der Waals surface area contributed by atoms with E-state index in [4.69, 9.17) is 4.52 Å². The SMILES string of the molecule is CC(=O)OP(=O)(N1c2ccccc2Sc2ccccc21)N1c2ccccc2Sc2ccccc21. The summed E-state index contributed by atoms with van der Waals surface area (Å²) in [5, 5.41) is 0. The summed E-state index contributed by atoms with van der Waals surface area (Å²) < 4.78 is 24.7. The molecule has 0 atom stereocenters. The predicted octanol–water partition coefficient (Wildman–Crippen LogP) is 8.26. The van der Waals surface area contributed by atoms with E-state index in [2.05, 4.69) is 0 Å². The third kappa shape index (κ3) is 3.35. The van der Waals surface area contributed by atoms with Crippen molar-refractivity contribution in [1.29, 1.82) is 0 Å². The lowest BCUT2D eigenvalue weighted by Gasteiger charge is -2.43. The highest BCUT2D eigenvalue weighted by Crippen LogP contribution is 2.70. The number of carbonyl (C=O) groups is 1. The molecule has 0 aliphatic carbocycles. The van der Waals surface area contributed by atoms with Crippen LogP contribution in [0.25, 0.3) is 0 Å². The van der Waals surface area contributed by atoms with Gasteiger partial charge in [0.2, 0.25) is 0 Å². The highest BCUT2D eigenvalue weighted by molar-refractivity contribution is 8.00. The summed E-state index contributed by atoms with van der Waals surface area (Å²) in [4.78, 5) is 16.3. The van der Waals surface area contributed by atoms with Gasteiger partial charge in [0.25, 0.3) is 0 Å². The van der Waals surface area contributed by atoms with Crippen molar-refractivity contribution >= 4 is 59.9 Å². The lowest BCUT2D eigenvalue weighted by atomic mass is 10.2. The maximum Gasteiger partial charge on any atom is 0.460 e. The molecule has 2 aliphatic heterocycles. The Kier molecular flexibility index (Phi) is 5.21. The Morgan fingerprint density at radius 2 is 0.912 bits per heavy atom. The highest BCUT2D eigenvalue weighted by atomic mass is 32.2. The Hall–Kier alpha value is -3.12. The van der Waals surface area contributed by atoms with Crippen LogP contribution in [0.5, 0.6) is 0 Å². The fourth-order valence-electron chi connectivity index (χ4n) is 4.25. The minimum Gasteiger partial charge on any atom is -0.380 e. The molecular weight excluding hydrogens is 483 g/mol. The second-order valence-corrected chi connectivity index (χ2v) is 11.9. The first-order valence-corrected chi connectivity index (χ1v) is 13.9. The summed E-state index contributed by atoms with van der Waals surface area (Å²) in [6, 6.07) is 31.1. The average Bonchev–Trinajstić information content (AvgIpc) is 2.85. The maximum absolute atomic E-state index is 15.4. The summed E-state index contributed by atoms with van der Waals surface area (Å²) in [7, 11) is -4.07. The van der Waals surface area contributed by atoms with Crippen molar-refractivity contribution in [1.82, 2.24) is 0 Å². The largest absolute Gasteiger partial charge is 0.460 e. The van der Waals surface area contributed by atoms with Crippen molar-refractivity contribution in [3.8, 4) is 0 Å². The third-order valence-electron chi connectivity index (χ3n) is 5.57. The van der Waals surface area contributed by atoms with E-state index in [0.717, 1.165) is 42.3 Å². The monoisotopic (exact) mass is 502 g/mol. The normalized spacial score (nSPS) is 13.9. The molecule has 0 fully saturated rings. The average molecular weight is 503 g/mol. The number of hydrogen-bond donors (Lipinski definition) is 0. The fourth-order valence-corrected chi connectivity index (χ4v) is 9.10. The molecule has 0 spiro atoms.